The molecule has 1 aliphatic rings. The van der Waals surface area contributed by atoms with E-state index in [0.29, 0.717) is 17.8 Å². The van der Waals surface area contributed by atoms with Gasteiger partial charge in [-0.1, -0.05) is 29.8 Å². The summed E-state index contributed by atoms with van der Waals surface area (Å²) >= 11 is 1.56. The van der Waals surface area contributed by atoms with Crippen molar-refractivity contribution in [2.75, 3.05) is 0 Å². The summed E-state index contributed by atoms with van der Waals surface area (Å²) in [5.41, 5.74) is 0. The zero-order valence-electron chi connectivity index (χ0n) is 11.0. The van der Waals surface area contributed by atoms with Crippen molar-refractivity contribution in [3.05, 3.63) is 11.7 Å². The predicted octanol–water partition coefficient (Wildman–Crippen LogP) is 2.33. The molecule has 1 atom stereocenters. The molecule has 102 valence electrons. The van der Waals surface area contributed by atoms with Gasteiger partial charge in [-0.3, -0.25) is 0 Å². The number of thioether (sulfide) groups is 1. The Morgan fingerprint density at radius 2 is 2.16 bits per heavy atom. The summed E-state index contributed by atoms with van der Waals surface area (Å²) in [6.07, 6.45) is 4.83. The molecular formula is C11H16N6OS. The first kappa shape index (κ1) is 12.6. The summed E-state index contributed by atoms with van der Waals surface area (Å²) in [5.74, 6) is 1.27. The SMILES string of the molecule is Cc1noc([C@H](C)Sc2nnnn2C2CCCC2)n1. The number of aryl methyl sites for hydroxylation is 1. The average Bonchev–Trinajstić information content (AvgIpc) is 3.07. The molecule has 2 aromatic heterocycles. The van der Waals surface area contributed by atoms with Gasteiger partial charge in [0.2, 0.25) is 11.0 Å². The summed E-state index contributed by atoms with van der Waals surface area (Å²) in [4.78, 5) is 4.24. The van der Waals surface area contributed by atoms with E-state index in [1.807, 2.05) is 18.5 Å². The minimum atomic E-state index is 0.0485. The first-order chi connectivity index (χ1) is 9.24. The molecule has 2 heterocycles. The molecule has 0 bridgehead atoms. The summed E-state index contributed by atoms with van der Waals surface area (Å²) in [6.45, 7) is 3.83. The van der Waals surface area contributed by atoms with Crippen LogP contribution in [-0.2, 0) is 0 Å². The first-order valence-electron chi connectivity index (χ1n) is 6.49. The van der Waals surface area contributed by atoms with Crippen LogP contribution in [0.2, 0.25) is 0 Å². The van der Waals surface area contributed by atoms with Crippen LogP contribution in [-0.4, -0.2) is 30.3 Å². The highest BCUT2D eigenvalue weighted by atomic mass is 32.2. The molecule has 0 N–H and O–H groups in total. The normalized spacial score (nSPS) is 18.0. The number of hydrogen-bond donors (Lipinski definition) is 0. The summed E-state index contributed by atoms with van der Waals surface area (Å²) in [6, 6.07) is 0.439. The number of rotatable bonds is 4. The van der Waals surface area contributed by atoms with Crippen LogP contribution in [0.1, 0.15) is 55.6 Å². The highest BCUT2D eigenvalue weighted by Crippen LogP contribution is 2.36. The van der Waals surface area contributed by atoms with Crippen molar-refractivity contribution in [1.29, 1.82) is 0 Å². The van der Waals surface area contributed by atoms with Gasteiger partial charge in [-0.15, -0.1) is 5.10 Å². The molecule has 3 rings (SSSR count). The van der Waals surface area contributed by atoms with Gasteiger partial charge in [0, 0.05) is 0 Å². The molecule has 1 aliphatic carbocycles. The molecule has 0 radical (unpaired) electrons. The summed E-state index contributed by atoms with van der Waals surface area (Å²) in [7, 11) is 0. The van der Waals surface area contributed by atoms with Crippen LogP contribution in [0.25, 0.3) is 0 Å². The fraction of sp³-hybridized carbons (Fsp3) is 0.727. The molecule has 1 saturated carbocycles. The largest absolute Gasteiger partial charge is 0.338 e. The molecular weight excluding hydrogens is 264 g/mol. The Bertz CT molecular complexity index is 547. The second kappa shape index (κ2) is 5.28. The van der Waals surface area contributed by atoms with E-state index in [1.165, 1.54) is 12.8 Å². The smallest absolute Gasteiger partial charge is 0.239 e. The quantitative estimate of drug-likeness (QED) is 0.795. The molecule has 19 heavy (non-hydrogen) atoms. The minimum Gasteiger partial charge on any atom is -0.338 e. The van der Waals surface area contributed by atoms with Gasteiger partial charge in [0.25, 0.3) is 0 Å². The van der Waals surface area contributed by atoms with E-state index in [0.717, 1.165) is 18.0 Å². The van der Waals surface area contributed by atoms with Gasteiger partial charge in [0.05, 0.1) is 11.3 Å². The van der Waals surface area contributed by atoms with Crippen LogP contribution in [0, 0.1) is 6.92 Å². The van der Waals surface area contributed by atoms with Crippen LogP contribution < -0.4 is 0 Å². The van der Waals surface area contributed by atoms with Gasteiger partial charge in [-0.25, -0.2) is 4.68 Å². The molecule has 0 amide bonds. The molecule has 2 aromatic rings. The molecule has 0 spiro atoms. The average molecular weight is 280 g/mol. The van der Waals surface area contributed by atoms with Gasteiger partial charge >= 0.3 is 0 Å². The monoisotopic (exact) mass is 280 g/mol. The lowest BCUT2D eigenvalue weighted by atomic mass is 10.3. The summed E-state index contributed by atoms with van der Waals surface area (Å²) in [5, 5.41) is 16.7. The van der Waals surface area contributed by atoms with Crippen LogP contribution in [0.3, 0.4) is 0 Å². The minimum absolute atomic E-state index is 0.0485. The number of nitrogens with zero attached hydrogens (tertiary/aromatic N) is 6. The Morgan fingerprint density at radius 3 is 2.84 bits per heavy atom. The van der Waals surface area contributed by atoms with E-state index in [4.69, 9.17) is 4.52 Å². The third-order valence-electron chi connectivity index (χ3n) is 3.31. The number of hydrogen-bond acceptors (Lipinski definition) is 7. The second-order valence-corrected chi connectivity index (χ2v) is 6.09. The maximum absolute atomic E-state index is 5.18. The van der Waals surface area contributed by atoms with E-state index < -0.39 is 0 Å². The Morgan fingerprint density at radius 1 is 1.37 bits per heavy atom. The van der Waals surface area contributed by atoms with Gasteiger partial charge < -0.3 is 4.52 Å². The van der Waals surface area contributed by atoms with Crippen molar-refractivity contribution < 1.29 is 4.52 Å². The van der Waals surface area contributed by atoms with Crippen LogP contribution in [0.15, 0.2) is 9.68 Å². The van der Waals surface area contributed by atoms with Gasteiger partial charge in [0.15, 0.2) is 5.82 Å². The molecule has 0 saturated heterocycles. The molecule has 1 fully saturated rings. The van der Waals surface area contributed by atoms with Crippen molar-refractivity contribution in [3.63, 3.8) is 0 Å². The highest BCUT2D eigenvalue weighted by molar-refractivity contribution is 7.99. The van der Waals surface area contributed by atoms with E-state index >= 15 is 0 Å². The lowest BCUT2D eigenvalue weighted by Crippen LogP contribution is -2.08. The Labute approximate surface area is 115 Å². The van der Waals surface area contributed by atoms with Crippen LogP contribution >= 0.6 is 11.8 Å². The van der Waals surface area contributed by atoms with Crippen molar-refractivity contribution in [3.8, 4) is 0 Å². The third kappa shape index (κ3) is 2.63. The highest BCUT2D eigenvalue weighted by Gasteiger charge is 2.24. The zero-order valence-corrected chi connectivity index (χ0v) is 11.8. The van der Waals surface area contributed by atoms with Crippen molar-refractivity contribution in [1.82, 2.24) is 30.3 Å². The van der Waals surface area contributed by atoms with E-state index in [1.54, 1.807) is 11.8 Å². The maximum atomic E-state index is 5.18. The van der Waals surface area contributed by atoms with Crippen LogP contribution in [0.5, 0.6) is 0 Å². The second-order valence-electron chi connectivity index (χ2n) is 4.78. The Kier molecular flexibility index (Phi) is 3.50. The predicted molar refractivity (Wildman–Crippen MR) is 68.6 cm³/mol. The van der Waals surface area contributed by atoms with Gasteiger partial charge in [-0.05, 0) is 37.1 Å². The Balaban J connectivity index is 1.74. The van der Waals surface area contributed by atoms with Crippen molar-refractivity contribution in [2.45, 2.75) is 56.0 Å². The molecule has 8 heteroatoms. The molecule has 0 unspecified atom stereocenters. The molecule has 0 aliphatic heterocycles. The summed E-state index contributed by atoms with van der Waals surface area (Å²) < 4.78 is 7.12. The zero-order chi connectivity index (χ0) is 13.2. The Hall–Kier alpha value is -1.44. The van der Waals surface area contributed by atoms with Gasteiger partial charge in [0.1, 0.15) is 0 Å². The van der Waals surface area contributed by atoms with Gasteiger partial charge in [-0.2, -0.15) is 4.98 Å². The number of tetrazole rings is 1. The lowest BCUT2D eigenvalue weighted by molar-refractivity contribution is 0.375. The third-order valence-corrected chi connectivity index (χ3v) is 4.34. The van der Waals surface area contributed by atoms with Crippen molar-refractivity contribution in [2.24, 2.45) is 0 Å². The molecule has 7 nitrogen and oxygen atoms in total. The van der Waals surface area contributed by atoms with E-state index in [9.17, 15) is 0 Å². The fourth-order valence-electron chi connectivity index (χ4n) is 2.33. The van der Waals surface area contributed by atoms with Crippen molar-refractivity contribution >= 4 is 11.8 Å². The number of aromatic nitrogens is 6. The topological polar surface area (TPSA) is 82.5 Å². The molecule has 0 aromatic carbocycles. The fourth-order valence-corrected chi connectivity index (χ4v) is 3.22. The van der Waals surface area contributed by atoms with E-state index in [2.05, 4.69) is 25.7 Å². The first-order valence-corrected chi connectivity index (χ1v) is 7.36. The maximum Gasteiger partial charge on any atom is 0.239 e. The standard InChI is InChI=1S/C11H16N6OS/c1-7(10-12-8(2)14-18-10)19-11-13-15-16-17(11)9-5-3-4-6-9/h7,9H,3-6H2,1-2H3/t7-/m0/s1. The lowest BCUT2D eigenvalue weighted by Gasteiger charge is -2.12. The van der Waals surface area contributed by atoms with E-state index in [-0.39, 0.29) is 5.25 Å². The van der Waals surface area contributed by atoms with Crippen LogP contribution in [0.4, 0.5) is 0 Å².